The number of amides is 1. The first-order chi connectivity index (χ1) is 14.0. The molecule has 1 atom stereocenters. The quantitative estimate of drug-likeness (QED) is 0.481. The highest BCUT2D eigenvalue weighted by Crippen LogP contribution is 2.58. The third-order valence-electron chi connectivity index (χ3n) is 5.96. The van der Waals surface area contributed by atoms with Gasteiger partial charge in [0, 0.05) is 11.0 Å². The van der Waals surface area contributed by atoms with E-state index in [1.807, 2.05) is 43.3 Å². The lowest BCUT2D eigenvalue weighted by Gasteiger charge is -2.18. The lowest BCUT2D eigenvalue weighted by atomic mass is 9.85. The molecule has 0 heterocycles. The van der Waals surface area contributed by atoms with Crippen LogP contribution in [0.2, 0.25) is 0 Å². The van der Waals surface area contributed by atoms with Gasteiger partial charge < -0.3 is 0 Å². The highest BCUT2D eigenvalue weighted by atomic mass is 16.2. The minimum atomic E-state index is -0.268. The van der Waals surface area contributed by atoms with Gasteiger partial charge in [0.25, 0.3) is 0 Å². The van der Waals surface area contributed by atoms with Crippen LogP contribution in [-0.2, 0) is 10.2 Å². The monoisotopic (exact) mass is 382 g/mol. The maximum absolute atomic E-state index is 13.0. The summed E-state index contributed by atoms with van der Waals surface area (Å²) in [5, 5.41) is 4.42. The van der Waals surface area contributed by atoms with E-state index in [2.05, 4.69) is 66.8 Å². The third-order valence-corrected chi connectivity index (χ3v) is 5.96. The van der Waals surface area contributed by atoms with Gasteiger partial charge in [-0.25, -0.2) is 5.43 Å². The van der Waals surface area contributed by atoms with Crippen molar-refractivity contribution in [1.29, 1.82) is 0 Å². The summed E-state index contributed by atoms with van der Waals surface area (Å²) in [5.74, 6) is -0.148. The Labute approximate surface area is 172 Å². The van der Waals surface area contributed by atoms with Crippen LogP contribution in [0.5, 0.6) is 0 Å². The molecule has 3 aromatic carbocycles. The Morgan fingerprint density at radius 1 is 0.931 bits per heavy atom. The molecular weight excluding hydrogens is 356 g/mol. The molecule has 29 heavy (non-hydrogen) atoms. The number of benzene rings is 3. The maximum Gasteiger partial charge on any atom is 0.244 e. The van der Waals surface area contributed by atoms with Gasteiger partial charge in [-0.15, -0.1) is 0 Å². The van der Waals surface area contributed by atoms with Crippen LogP contribution in [0.3, 0.4) is 0 Å². The zero-order chi connectivity index (χ0) is 20.4. The van der Waals surface area contributed by atoms with E-state index in [1.54, 1.807) is 0 Å². The summed E-state index contributed by atoms with van der Waals surface area (Å²) in [6, 6.07) is 26.9. The molecule has 1 aliphatic rings. The van der Waals surface area contributed by atoms with Crippen molar-refractivity contribution in [3.05, 3.63) is 107 Å². The predicted octanol–water partition coefficient (Wildman–Crippen LogP) is 5.15. The number of hydrazone groups is 1. The van der Waals surface area contributed by atoms with Crippen LogP contribution < -0.4 is 5.43 Å². The second-order valence-corrected chi connectivity index (χ2v) is 7.95. The number of carbonyl (C=O) groups excluding carboxylic acids is 1. The number of nitrogens with zero attached hydrogens (tertiary/aromatic N) is 1. The van der Waals surface area contributed by atoms with Crippen LogP contribution in [0.15, 0.2) is 84.0 Å². The average molecular weight is 383 g/mol. The van der Waals surface area contributed by atoms with Crippen LogP contribution in [0.25, 0.3) is 0 Å². The number of rotatable bonds is 5. The molecule has 146 valence electrons. The van der Waals surface area contributed by atoms with E-state index in [9.17, 15) is 4.79 Å². The Bertz CT molecular complexity index is 1020. The Kier molecular flexibility index (Phi) is 5.06. The summed E-state index contributed by atoms with van der Waals surface area (Å²) < 4.78 is 0. The van der Waals surface area contributed by atoms with E-state index in [0.29, 0.717) is 0 Å². The largest absolute Gasteiger partial charge is 0.273 e. The van der Waals surface area contributed by atoms with Crippen LogP contribution in [0, 0.1) is 19.8 Å². The Balaban J connectivity index is 1.57. The summed E-state index contributed by atoms with van der Waals surface area (Å²) in [7, 11) is 0. The molecule has 4 rings (SSSR count). The molecule has 1 fully saturated rings. The lowest BCUT2D eigenvalue weighted by molar-refractivity contribution is -0.122. The van der Waals surface area contributed by atoms with Gasteiger partial charge in [0.15, 0.2) is 0 Å². The van der Waals surface area contributed by atoms with Crippen LogP contribution in [0.1, 0.15) is 41.2 Å². The summed E-state index contributed by atoms with van der Waals surface area (Å²) in [5.41, 5.74) is 9.18. The van der Waals surface area contributed by atoms with Crippen molar-refractivity contribution in [1.82, 2.24) is 5.43 Å². The van der Waals surface area contributed by atoms with Gasteiger partial charge in [-0.3, -0.25) is 4.79 Å². The first-order valence-electron chi connectivity index (χ1n) is 10.0. The zero-order valence-electron chi connectivity index (χ0n) is 17.1. The third kappa shape index (κ3) is 3.61. The zero-order valence-corrected chi connectivity index (χ0v) is 17.1. The second-order valence-electron chi connectivity index (χ2n) is 7.95. The minimum Gasteiger partial charge on any atom is -0.273 e. The fraction of sp³-hybridized carbons (Fsp3) is 0.231. The SMILES string of the molecule is C/C(=N/NC(=O)[C@@H]1CC1(c1ccccc1)c1ccccc1)c1ccc(C)cc1C. The van der Waals surface area contributed by atoms with Gasteiger partial charge in [0.1, 0.15) is 0 Å². The molecule has 1 aliphatic carbocycles. The van der Waals surface area contributed by atoms with E-state index in [-0.39, 0.29) is 17.2 Å². The number of carbonyl (C=O) groups is 1. The molecule has 0 unspecified atom stereocenters. The Morgan fingerprint density at radius 3 is 2.07 bits per heavy atom. The summed E-state index contributed by atoms with van der Waals surface area (Å²) in [6.45, 7) is 6.08. The van der Waals surface area contributed by atoms with E-state index in [1.165, 1.54) is 16.7 Å². The maximum atomic E-state index is 13.0. The Morgan fingerprint density at radius 2 is 1.52 bits per heavy atom. The molecular formula is C26H26N2O. The molecule has 0 saturated heterocycles. The van der Waals surface area contributed by atoms with Gasteiger partial charge in [0.05, 0.1) is 11.6 Å². The molecule has 0 aliphatic heterocycles. The van der Waals surface area contributed by atoms with Gasteiger partial charge in [-0.2, -0.15) is 5.10 Å². The first kappa shape index (κ1) is 19.1. The lowest BCUT2D eigenvalue weighted by Crippen LogP contribution is -2.26. The molecule has 1 saturated carbocycles. The van der Waals surface area contributed by atoms with Crippen molar-refractivity contribution in [2.45, 2.75) is 32.6 Å². The van der Waals surface area contributed by atoms with Crippen LogP contribution >= 0.6 is 0 Å². The molecule has 0 bridgehead atoms. The number of hydrogen-bond donors (Lipinski definition) is 1. The van der Waals surface area contributed by atoms with Crippen LogP contribution in [-0.4, -0.2) is 11.6 Å². The molecule has 3 heteroatoms. The molecule has 1 amide bonds. The molecule has 0 aromatic heterocycles. The van der Waals surface area contributed by atoms with Crippen molar-refractivity contribution in [3.8, 4) is 0 Å². The highest BCUT2D eigenvalue weighted by molar-refractivity contribution is 6.00. The molecule has 3 aromatic rings. The van der Waals surface area contributed by atoms with Gasteiger partial charge >= 0.3 is 0 Å². The van der Waals surface area contributed by atoms with Crippen LogP contribution in [0.4, 0.5) is 0 Å². The van der Waals surface area contributed by atoms with E-state index < -0.39 is 0 Å². The van der Waals surface area contributed by atoms with Crippen molar-refractivity contribution < 1.29 is 4.79 Å². The number of nitrogens with one attached hydrogen (secondary N) is 1. The van der Waals surface area contributed by atoms with Crippen molar-refractivity contribution >= 4 is 11.6 Å². The van der Waals surface area contributed by atoms with E-state index >= 15 is 0 Å². The summed E-state index contributed by atoms with van der Waals surface area (Å²) in [6.07, 6.45) is 0.797. The first-order valence-corrected chi connectivity index (χ1v) is 10.0. The number of aryl methyl sites for hydroxylation is 2. The normalized spacial score (nSPS) is 17.6. The van der Waals surface area contributed by atoms with Crippen molar-refractivity contribution in [3.63, 3.8) is 0 Å². The minimum absolute atomic E-state index is 0.0261. The van der Waals surface area contributed by atoms with Crippen molar-refractivity contribution in [2.24, 2.45) is 11.0 Å². The molecule has 1 N–H and O–H groups in total. The summed E-state index contributed by atoms with van der Waals surface area (Å²) in [4.78, 5) is 13.0. The number of hydrogen-bond acceptors (Lipinski definition) is 2. The van der Waals surface area contributed by atoms with E-state index in [4.69, 9.17) is 0 Å². The highest BCUT2D eigenvalue weighted by Gasteiger charge is 2.60. The van der Waals surface area contributed by atoms with E-state index in [0.717, 1.165) is 23.3 Å². The fourth-order valence-electron chi connectivity index (χ4n) is 4.35. The molecule has 0 spiro atoms. The van der Waals surface area contributed by atoms with Gasteiger partial charge in [0.2, 0.25) is 5.91 Å². The standard InChI is InChI=1S/C26H26N2O/c1-18-14-15-23(19(2)16-18)20(3)27-28-25(29)24-17-26(24,21-10-6-4-7-11-21)22-12-8-5-9-13-22/h4-16,24H,17H2,1-3H3,(H,28,29)/b27-20-/t24-/m0/s1. The topological polar surface area (TPSA) is 41.5 Å². The molecule has 0 radical (unpaired) electrons. The smallest absolute Gasteiger partial charge is 0.244 e. The Hall–Kier alpha value is -3.20. The predicted molar refractivity (Wildman–Crippen MR) is 118 cm³/mol. The molecule has 3 nitrogen and oxygen atoms in total. The van der Waals surface area contributed by atoms with Gasteiger partial charge in [-0.1, -0.05) is 84.4 Å². The average Bonchev–Trinajstić information content (AvgIpc) is 3.50. The second kappa shape index (κ2) is 7.67. The van der Waals surface area contributed by atoms with Crippen molar-refractivity contribution in [2.75, 3.05) is 0 Å². The summed E-state index contributed by atoms with van der Waals surface area (Å²) >= 11 is 0. The fourth-order valence-corrected chi connectivity index (χ4v) is 4.35. The van der Waals surface area contributed by atoms with Gasteiger partial charge in [-0.05, 0) is 43.9 Å².